The summed E-state index contributed by atoms with van der Waals surface area (Å²) in [6, 6.07) is 0. The molecule has 0 aliphatic heterocycles. The fraction of sp³-hybridized carbons (Fsp3) is 0.833. The molecule has 0 aliphatic carbocycles. The number of rotatable bonds is 10. The van der Waals surface area contributed by atoms with Crippen LogP contribution in [0, 0.1) is 0 Å². The van der Waals surface area contributed by atoms with Gasteiger partial charge in [-0.15, -0.1) is 0 Å². The predicted octanol–water partition coefficient (Wildman–Crippen LogP) is -10.0. The Balaban J connectivity index is -0.000000411. The molecule has 0 spiro atoms. The molecule has 0 aliphatic rings. The summed E-state index contributed by atoms with van der Waals surface area (Å²) in [6.07, 6.45) is -16.2. The Morgan fingerprint density at radius 1 is 0.593 bits per heavy atom. The van der Waals surface area contributed by atoms with Crippen LogP contribution in [0.2, 0.25) is 0 Å². The molecule has 10 N–H and O–H groups in total. The molecule has 0 heterocycles. The van der Waals surface area contributed by atoms with Crippen LogP contribution in [0.4, 0.5) is 0 Å². The van der Waals surface area contributed by atoms with Crippen LogP contribution < -0.4 is 10.2 Å². The summed E-state index contributed by atoms with van der Waals surface area (Å²) in [6.45, 7) is -1.73. The molecule has 0 amide bonds. The van der Waals surface area contributed by atoms with Gasteiger partial charge in [-0.25, -0.2) is 0 Å². The summed E-state index contributed by atoms with van der Waals surface area (Å²) >= 11 is 0. The minimum absolute atomic E-state index is 0. The number of carbonyl (C=O) groups is 2. The molecule has 0 radical (unpaired) electrons. The van der Waals surface area contributed by atoms with E-state index in [9.17, 15) is 19.8 Å². The van der Waals surface area contributed by atoms with E-state index in [0.29, 0.717) is 0 Å². The van der Waals surface area contributed by atoms with Gasteiger partial charge in [-0.3, -0.25) is 0 Å². The number of aliphatic hydroxyl groups is 10. The van der Waals surface area contributed by atoms with Gasteiger partial charge in [-0.05, 0) is 0 Å². The summed E-state index contributed by atoms with van der Waals surface area (Å²) < 4.78 is 0. The van der Waals surface area contributed by atoms with E-state index >= 15 is 0 Å². The van der Waals surface area contributed by atoms with E-state index in [4.69, 9.17) is 51.1 Å². The average molecular weight is 430 g/mol. The van der Waals surface area contributed by atoms with Crippen molar-refractivity contribution >= 4 is 49.7 Å². The first-order chi connectivity index (χ1) is 11.8. The van der Waals surface area contributed by atoms with Gasteiger partial charge in [-0.2, -0.15) is 0 Å². The topological polar surface area (TPSA) is 283 Å². The number of aliphatic hydroxyl groups excluding tert-OH is 10. The fourth-order valence-electron chi connectivity index (χ4n) is 1.32. The van der Waals surface area contributed by atoms with Crippen molar-refractivity contribution in [3.05, 3.63) is 0 Å². The maximum atomic E-state index is 9.98. The summed E-state index contributed by atoms with van der Waals surface area (Å²) in [5.74, 6) is -3.95. The van der Waals surface area contributed by atoms with Crippen LogP contribution in [0.15, 0.2) is 0 Å². The monoisotopic (exact) mass is 430 g/mol. The molecule has 8 atom stereocenters. The molecule has 0 aromatic carbocycles. The van der Waals surface area contributed by atoms with Crippen molar-refractivity contribution in [3.63, 3.8) is 0 Å². The second-order valence-corrected chi connectivity index (χ2v) is 4.99. The van der Waals surface area contributed by atoms with E-state index in [0.717, 1.165) is 0 Å². The second-order valence-electron chi connectivity index (χ2n) is 4.99. The SMILES string of the molecule is O=C([O-])[C@@H](O)[C@@H](O)[C@H](O)[C@H](O)CO.O=C([O-])[C@@H](O)[C@@H](O)[C@H](O)[C@H](O)CO.[Ca+2]. The van der Waals surface area contributed by atoms with Gasteiger partial charge >= 0.3 is 37.7 Å². The van der Waals surface area contributed by atoms with Crippen molar-refractivity contribution in [1.82, 2.24) is 0 Å². The van der Waals surface area contributed by atoms with E-state index in [-0.39, 0.29) is 37.7 Å². The molecule has 0 unspecified atom stereocenters. The van der Waals surface area contributed by atoms with Crippen molar-refractivity contribution in [1.29, 1.82) is 0 Å². The molecule has 0 saturated heterocycles. The minimum atomic E-state index is -2.31. The Morgan fingerprint density at radius 3 is 0.963 bits per heavy atom. The Kier molecular flexibility index (Phi) is 18.3. The Bertz CT molecular complexity index is 385. The normalized spacial score (nSPS) is 19.6. The zero-order valence-electron chi connectivity index (χ0n) is 13.8. The van der Waals surface area contributed by atoms with Crippen LogP contribution >= 0.6 is 0 Å². The second kappa shape index (κ2) is 15.7. The van der Waals surface area contributed by atoms with Crippen LogP contribution in [0.1, 0.15) is 0 Å². The molecule has 0 aromatic heterocycles. The Hall–Kier alpha value is -0.200. The van der Waals surface area contributed by atoms with E-state index in [1.807, 2.05) is 0 Å². The molecular formula is C12H22CaO14. The molecule has 0 saturated carbocycles. The molecule has 14 nitrogen and oxygen atoms in total. The average Bonchev–Trinajstić information content (AvgIpc) is 2.62. The van der Waals surface area contributed by atoms with Crippen LogP contribution in [0.25, 0.3) is 0 Å². The molecule has 15 heteroatoms. The minimum Gasteiger partial charge on any atom is -0.547 e. The van der Waals surface area contributed by atoms with Crippen LogP contribution in [0.5, 0.6) is 0 Å². The van der Waals surface area contributed by atoms with Crippen LogP contribution in [-0.4, -0.2) is 163 Å². The summed E-state index contributed by atoms with van der Waals surface area (Å²) in [7, 11) is 0. The number of carboxylic acid groups (broad SMARTS) is 2. The van der Waals surface area contributed by atoms with Crippen molar-refractivity contribution in [2.45, 2.75) is 48.8 Å². The van der Waals surface area contributed by atoms with E-state index in [2.05, 4.69) is 0 Å². The maximum Gasteiger partial charge on any atom is 2.00 e. The number of hydrogen-bond acceptors (Lipinski definition) is 14. The first-order valence-corrected chi connectivity index (χ1v) is 6.91. The van der Waals surface area contributed by atoms with Gasteiger partial charge in [0.25, 0.3) is 0 Å². The summed E-state index contributed by atoms with van der Waals surface area (Å²) in [4.78, 5) is 20.0. The number of carboxylic acids is 2. The van der Waals surface area contributed by atoms with Gasteiger partial charge < -0.3 is 70.9 Å². The van der Waals surface area contributed by atoms with Gasteiger partial charge in [-0.1, -0.05) is 0 Å². The molecule has 0 bridgehead atoms. The van der Waals surface area contributed by atoms with Gasteiger partial charge in [0.05, 0.1) is 25.2 Å². The van der Waals surface area contributed by atoms with Crippen molar-refractivity contribution in [2.24, 2.45) is 0 Å². The first kappa shape index (κ1) is 31.5. The largest absolute Gasteiger partial charge is 2.00 e. The predicted molar refractivity (Wildman–Crippen MR) is 78.0 cm³/mol. The fourth-order valence-corrected chi connectivity index (χ4v) is 1.32. The maximum absolute atomic E-state index is 9.98. The smallest absolute Gasteiger partial charge is 0.547 e. The third-order valence-corrected chi connectivity index (χ3v) is 2.99. The third kappa shape index (κ3) is 11.4. The Labute approximate surface area is 182 Å². The number of hydrogen-bond donors (Lipinski definition) is 10. The van der Waals surface area contributed by atoms with Crippen LogP contribution in [-0.2, 0) is 9.59 Å². The van der Waals surface area contributed by atoms with E-state index < -0.39 is 74.0 Å². The van der Waals surface area contributed by atoms with Crippen molar-refractivity contribution in [3.8, 4) is 0 Å². The zero-order valence-corrected chi connectivity index (χ0v) is 16.1. The Morgan fingerprint density at radius 2 is 0.815 bits per heavy atom. The third-order valence-electron chi connectivity index (χ3n) is 2.99. The molecule has 0 fully saturated rings. The standard InChI is InChI=1S/2C6H12O7.Ca/c2*7-1-2(8)3(9)4(10)5(11)6(12)13;/h2*2-5,7-11H,1H2,(H,12,13);/q;;+2/p-2/t2*2-,3-,4+,5+;/m11./s1. The zero-order chi connectivity index (χ0) is 21.2. The van der Waals surface area contributed by atoms with Crippen molar-refractivity contribution in [2.75, 3.05) is 13.2 Å². The molecule has 0 aromatic rings. The molecule has 0 rings (SSSR count). The van der Waals surface area contributed by atoms with E-state index in [1.54, 1.807) is 0 Å². The first-order valence-electron chi connectivity index (χ1n) is 6.91. The van der Waals surface area contributed by atoms with Gasteiger partial charge in [0, 0.05) is 0 Å². The quantitative estimate of drug-likeness (QED) is 0.144. The molecule has 27 heavy (non-hydrogen) atoms. The van der Waals surface area contributed by atoms with Gasteiger partial charge in [0.1, 0.15) is 48.8 Å². The van der Waals surface area contributed by atoms with Crippen LogP contribution in [0.3, 0.4) is 0 Å². The summed E-state index contributed by atoms with van der Waals surface area (Å²) in [5, 5.41) is 107. The number of aliphatic carboxylic acids is 2. The number of carbonyl (C=O) groups excluding carboxylic acids is 2. The van der Waals surface area contributed by atoms with Crippen molar-refractivity contribution < 1.29 is 70.9 Å². The van der Waals surface area contributed by atoms with Gasteiger partial charge in [0.2, 0.25) is 0 Å². The summed E-state index contributed by atoms with van der Waals surface area (Å²) in [5.41, 5.74) is 0. The molecular weight excluding hydrogens is 408 g/mol. The molecule has 156 valence electrons. The van der Waals surface area contributed by atoms with Gasteiger partial charge in [0.15, 0.2) is 0 Å². The van der Waals surface area contributed by atoms with E-state index in [1.165, 1.54) is 0 Å².